The van der Waals surface area contributed by atoms with Crippen LogP contribution in [0.3, 0.4) is 0 Å². The highest BCUT2D eigenvalue weighted by Crippen LogP contribution is 2.26. The second kappa shape index (κ2) is 7.86. The lowest BCUT2D eigenvalue weighted by Crippen LogP contribution is -2.23. The van der Waals surface area contributed by atoms with Gasteiger partial charge in [0, 0.05) is 22.3 Å². The maximum Gasteiger partial charge on any atom is 0.237 e. The van der Waals surface area contributed by atoms with Crippen molar-refractivity contribution < 1.29 is 4.79 Å². The number of allylic oxidation sites excluding steroid dienone is 1. The summed E-state index contributed by atoms with van der Waals surface area (Å²) in [6, 6.07) is 4.90. The Bertz CT molecular complexity index is 712. The number of carbonyl (C=O) groups excluding carboxylic acids is 1. The molecule has 1 heterocycles. The van der Waals surface area contributed by atoms with E-state index in [-0.39, 0.29) is 11.2 Å². The average molecular weight is 371 g/mol. The second-order valence-corrected chi connectivity index (χ2v) is 7.02. The molecule has 8 heteroatoms. The fraction of sp³-hybridized carbons (Fsp3) is 0.267. The number of thioether (sulfide) groups is 1. The van der Waals surface area contributed by atoms with Crippen LogP contribution in [0.15, 0.2) is 36.0 Å². The molecule has 1 amide bonds. The van der Waals surface area contributed by atoms with Crippen molar-refractivity contribution in [2.75, 3.05) is 5.32 Å². The van der Waals surface area contributed by atoms with Crippen LogP contribution in [0.25, 0.3) is 0 Å². The minimum Gasteiger partial charge on any atom is -0.325 e. The Labute approximate surface area is 149 Å². The number of hydrogen-bond acceptors (Lipinski definition) is 4. The first-order chi connectivity index (χ1) is 10.9. The zero-order chi connectivity index (χ0) is 17.0. The van der Waals surface area contributed by atoms with E-state index in [1.807, 2.05) is 11.5 Å². The van der Waals surface area contributed by atoms with Crippen LogP contribution in [0.2, 0.25) is 10.0 Å². The van der Waals surface area contributed by atoms with E-state index >= 15 is 0 Å². The van der Waals surface area contributed by atoms with Gasteiger partial charge in [0.1, 0.15) is 5.82 Å². The van der Waals surface area contributed by atoms with Gasteiger partial charge in [0.25, 0.3) is 0 Å². The molecular formula is C15H16Cl2N4OS. The van der Waals surface area contributed by atoms with Gasteiger partial charge in [0.15, 0.2) is 5.16 Å². The first kappa shape index (κ1) is 17.8. The summed E-state index contributed by atoms with van der Waals surface area (Å²) in [5, 5.41) is 12.2. The van der Waals surface area contributed by atoms with Gasteiger partial charge in [-0.2, -0.15) is 0 Å². The normalized spacial score (nSPS) is 12.0. The van der Waals surface area contributed by atoms with Gasteiger partial charge in [0.2, 0.25) is 5.91 Å². The SMILES string of the molecule is C=CCn1c(C)nnc1S[C@H](C)C(=O)Nc1cc(Cl)cc(Cl)c1. The smallest absolute Gasteiger partial charge is 0.237 e. The fourth-order valence-electron chi connectivity index (χ4n) is 1.87. The number of aromatic nitrogens is 3. The molecule has 0 saturated heterocycles. The topological polar surface area (TPSA) is 59.8 Å². The summed E-state index contributed by atoms with van der Waals surface area (Å²) in [6.45, 7) is 7.97. The van der Waals surface area contributed by atoms with Crippen molar-refractivity contribution in [3.8, 4) is 0 Å². The quantitative estimate of drug-likeness (QED) is 0.611. The first-order valence-electron chi connectivity index (χ1n) is 6.85. The van der Waals surface area contributed by atoms with Crippen LogP contribution in [-0.4, -0.2) is 25.9 Å². The molecule has 1 atom stereocenters. The van der Waals surface area contributed by atoms with Crippen LogP contribution in [0.5, 0.6) is 0 Å². The summed E-state index contributed by atoms with van der Waals surface area (Å²) in [4.78, 5) is 12.3. The third-order valence-electron chi connectivity index (χ3n) is 2.99. The number of nitrogens with zero attached hydrogens (tertiary/aromatic N) is 3. The molecule has 0 fully saturated rings. The number of halogens is 2. The van der Waals surface area contributed by atoms with Gasteiger partial charge in [-0.1, -0.05) is 41.0 Å². The zero-order valence-electron chi connectivity index (χ0n) is 12.7. The minimum absolute atomic E-state index is 0.167. The lowest BCUT2D eigenvalue weighted by Gasteiger charge is -2.12. The van der Waals surface area contributed by atoms with Crippen LogP contribution >= 0.6 is 35.0 Å². The lowest BCUT2D eigenvalue weighted by atomic mass is 10.3. The largest absolute Gasteiger partial charge is 0.325 e. The molecule has 0 aliphatic carbocycles. The van der Waals surface area contributed by atoms with E-state index in [0.29, 0.717) is 27.4 Å². The fourth-order valence-corrected chi connectivity index (χ4v) is 3.30. The third-order valence-corrected chi connectivity index (χ3v) is 4.51. The van der Waals surface area contributed by atoms with E-state index in [9.17, 15) is 4.79 Å². The molecule has 23 heavy (non-hydrogen) atoms. The minimum atomic E-state index is -0.361. The molecule has 0 radical (unpaired) electrons. The molecule has 2 aromatic rings. The summed E-state index contributed by atoms with van der Waals surface area (Å²) in [6.07, 6.45) is 1.76. The predicted octanol–water partition coefficient (Wildman–Crippen LogP) is 4.20. The molecule has 122 valence electrons. The summed E-state index contributed by atoms with van der Waals surface area (Å²) >= 11 is 13.2. The van der Waals surface area contributed by atoms with E-state index in [1.54, 1.807) is 31.2 Å². The highest BCUT2D eigenvalue weighted by Gasteiger charge is 2.19. The molecule has 0 saturated carbocycles. The Morgan fingerprint density at radius 1 is 1.39 bits per heavy atom. The molecule has 0 aliphatic heterocycles. The summed E-state index contributed by atoms with van der Waals surface area (Å²) in [7, 11) is 0. The Balaban J connectivity index is 2.07. The second-order valence-electron chi connectivity index (χ2n) is 4.84. The summed E-state index contributed by atoms with van der Waals surface area (Å²) < 4.78 is 1.90. The van der Waals surface area contributed by atoms with E-state index in [1.165, 1.54) is 11.8 Å². The van der Waals surface area contributed by atoms with E-state index in [0.717, 1.165) is 5.82 Å². The molecule has 0 aliphatic rings. The van der Waals surface area contributed by atoms with Gasteiger partial charge in [-0.15, -0.1) is 16.8 Å². The van der Waals surface area contributed by atoms with Gasteiger partial charge < -0.3 is 9.88 Å². The predicted molar refractivity (Wildman–Crippen MR) is 95.4 cm³/mol. The Hall–Kier alpha value is -1.50. The monoisotopic (exact) mass is 370 g/mol. The van der Waals surface area contributed by atoms with Gasteiger partial charge >= 0.3 is 0 Å². The summed E-state index contributed by atoms with van der Waals surface area (Å²) in [5.41, 5.74) is 0.559. The molecule has 0 spiro atoms. The van der Waals surface area contributed by atoms with Crippen LogP contribution in [-0.2, 0) is 11.3 Å². The van der Waals surface area contributed by atoms with E-state index in [4.69, 9.17) is 23.2 Å². The van der Waals surface area contributed by atoms with Crippen molar-refractivity contribution in [2.24, 2.45) is 0 Å². The molecule has 0 bridgehead atoms. The Morgan fingerprint density at radius 2 is 2.04 bits per heavy atom. The number of anilines is 1. The van der Waals surface area contributed by atoms with Crippen molar-refractivity contribution in [1.82, 2.24) is 14.8 Å². The maximum atomic E-state index is 12.3. The average Bonchev–Trinajstić information content (AvgIpc) is 2.79. The van der Waals surface area contributed by atoms with Crippen molar-refractivity contribution in [3.63, 3.8) is 0 Å². The van der Waals surface area contributed by atoms with E-state index in [2.05, 4.69) is 22.1 Å². The first-order valence-corrected chi connectivity index (χ1v) is 8.48. The van der Waals surface area contributed by atoms with E-state index < -0.39 is 0 Å². The van der Waals surface area contributed by atoms with Crippen molar-refractivity contribution >= 4 is 46.6 Å². The number of benzene rings is 1. The summed E-state index contributed by atoms with van der Waals surface area (Å²) in [5.74, 6) is 0.612. The van der Waals surface area contributed by atoms with Gasteiger partial charge in [-0.05, 0) is 32.0 Å². The van der Waals surface area contributed by atoms with Crippen molar-refractivity contribution in [1.29, 1.82) is 0 Å². The van der Waals surface area contributed by atoms with Crippen molar-refractivity contribution in [3.05, 3.63) is 46.7 Å². The Kier molecular flexibility index (Phi) is 6.10. The number of hydrogen-bond donors (Lipinski definition) is 1. The highest BCUT2D eigenvalue weighted by atomic mass is 35.5. The molecule has 1 aromatic carbocycles. The number of rotatable bonds is 6. The molecular weight excluding hydrogens is 355 g/mol. The number of aryl methyl sites for hydroxylation is 1. The zero-order valence-corrected chi connectivity index (χ0v) is 15.0. The number of carbonyl (C=O) groups is 1. The van der Waals surface area contributed by atoms with Crippen molar-refractivity contribution in [2.45, 2.75) is 30.8 Å². The highest BCUT2D eigenvalue weighted by molar-refractivity contribution is 8.00. The van der Waals surface area contributed by atoms with Gasteiger partial charge in [-0.25, -0.2) is 0 Å². The number of nitrogens with one attached hydrogen (secondary N) is 1. The van der Waals surface area contributed by atoms with Crippen LogP contribution in [0.1, 0.15) is 12.7 Å². The van der Waals surface area contributed by atoms with Crippen LogP contribution < -0.4 is 5.32 Å². The lowest BCUT2D eigenvalue weighted by molar-refractivity contribution is -0.115. The van der Waals surface area contributed by atoms with Gasteiger partial charge in [0.05, 0.1) is 5.25 Å². The van der Waals surface area contributed by atoms with Crippen LogP contribution in [0.4, 0.5) is 5.69 Å². The Morgan fingerprint density at radius 3 is 2.65 bits per heavy atom. The molecule has 2 rings (SSSR count). The molecule has 5 nitrogen and oxygen atoms in total. The standard InChI is InChI=1S/C15H16Cl2N4OS/c1-4-5-21-10(3)19-20-15(21)23-9(2)14(22)18-13-7-11(16)6-12(17)8-13/h4,6-9H,1,5H2,2-3H3,(H,18,22)/t9-/m1/s1. The number of amides is 1. The van der Waals surface area contributed by atoms with Gasteiger partial charge in [-0.3, -0.25) is 4.79 Å². The maximum absolute atomic E-state index is 12.3. The molecule has 1 aromatic heterocycles. The van der Waals surface area contributed by atoms with Crippen LogP contribution in [0, 0.1) is 6.92 Å². The molecule has 1 N–H and O–H groups in total. The third kappa shape index (κ3) is 4.73. The molecule has 0 unspecified atom stereocenters.